The summed E-state index contributed by atoms with van der Waals surface area (Å²) in [6.45, 7) is 3.49. The Kier molecular flexibility index (Phi) is 8.31. The van der Waals surface area contributed by atoms with Gasteiger partial charge in [-0.15, -0.1) is 5.10 Å². The summed E-state index contributed by atoms with van der Waals surface area (Å²) in [6, 6.07) is 14.4. The molecule has 1 fully saturated rings. The summed E-state index contributed by atoms with van der Waals surface area (Å²) in [5.41, 5.74) is 2.41. The van der Waals surface area contributed by atoms with Gasteiger partial charge >= 0.3 is 0 Å². The minimum atomic E-state index is -0.606. The first kappa shape index (κ1) is 24.7. The maximum absolute atomic E-state index is 13.7. The number of benzene rings is 2. The van der Waals surface area contributed by atoms with E-state index in [0.717, 1.165) is 48.2 Å². The number of nitrogens with zero attached hydrogens (tertiary/aromatic N) is 4. The van der Waals surface area contributed by atoms with Crippen LogP contribution in [0, 0.1) is 0 Å². The lowest BCUT2D eigenvalue weighted by Gasteiger charge is -2.31. The molecule has 2 aromatic carbocycles. The molecule has 1 aromatic heterocycles. The van der Waals surface area contributed by atoms with Crippen molar-refractivity contribution in [2.24, 2.45) is 0 Å². The highest BCUT2D eigenvalue weighted by Gasteiger charge is 2.30. The van der Waals surface area contributed by atoms with Gasteiger partial charge in [0.05, 0.1) is 18.7 Å². The summed E-state index contributed by atoms with van der Waals surface area (Å²) in [7, 11) is 1.61. The van der Waals surface area contributed by atoms with Gasteiger partial charge in [-0.1, -0.05) is 42.8 Å². The van der Waals surface area contributed by atoms with Crippen LogP contribution in [-0.4, -0.2) is 64.1 Å². The van der Waals surface area contributed by atoms with Crippen LogP contribution in [-0.2, 0) is 27.4 Å². The number of carbonyl (C=O) groups is 2. The molecule has 35 heavy (non-hydrogen) atoms. The van der Waals surface area contributed by atoms with Crippen LogP contribution in [0.15, 0.2) is 48.5 Å². The quantitative estimate of drug-likeness (QED) is 0.454. The van der Waals surface area contributed by atoms with E-state index in [-0.39, 0.29) is 24.5 Å². The van der Waals surface area contributed by atoms with Crippen LogP contribution in [0.1, 0.15) is 38.2 Å². The Morgan fingerprint density at radius 1 is 1.23 bits per heavy atom. The number of para-hydroxylation sites is 1. The normalized spacial score (nSPS) is 16.2. The molecule has 1 saturated heterocycles. The van der Waals surface area contributed by atoms with E-state index in [1.165, 1.54) is 0 Å². The first-order chi connectivity index (χ1) is 17.1. The van der Waals surface area contributed by atoms with Crippen LogP contribution in [0.4, 0.5) is 0 Å². The Morgan fingerprint density at radius 3 is 2.74 bits per heavy atom. The Bertz CT molecular complexity index is 1120. The zero-order valence-electron chi connectivity index (χ0n) is 20.4. The van der Waals surface area contributed by atoms with E-state index in [1.54, 1.807) is 16.7 Å². The Hall–Kier alpha value is -3.46. The minimum absolute atomic E-state index is 0.00407. The standard InChI is InChI=1S/C26H33N5O4/c1-3-7-24(26(33)27-16-21-8-6-15-35-21)30(17-19-11-13-20(34-2)14-12-19)25(32)18-31-23-10-5-4-9-22(23)28-29-31/h4-5,9-14,21,24H,3,6-8,15-18H2,1-2H3,(H,27,33). The Morgan fingerprint density at radius 2 is 2.03 bits per heavy atom. The summed E-state index contributed by atoms with van der Waals surface area (Å²) < 4.78 is 12.5. The molecule has 2 amide bonds. The third-order valence-electron chi connectivity index (χ3n) is 6.31. The molecular formula is C26H33N5O4. The lowest BCUT2D eigenvalue weighted by molar-refractivity contribution is -0.142. The van der Waals surface area contributed by atoms with Crippen LogP contribution >= 0.6 is 0 Å². The molecule has 2 heterocycles. The maximum atomic E-state index is 13.7. The lowest BCUT2D eigenvalue weighted by atomic mass is 10.1. The molecule has 1 N–H and O–H groups in total. The fourth-order valence-electron chi connectivity index (χ4n) is 4.39. The summed E-state index contributed by atoms with van der Waals surface area (Å²) in [6.07, 6.45) is 3.29. The number of amides is 2. The summed E-state index contributed by atoms with van der Waals surface area (Å²) in [4.78, 5) is 28.7. The second kappa shape index (κ2) is 11.8. The highest BCUT2D eigenvalue weighted by Crippen LogP contribution is 2.19. The summed E-state index contributed by atoms with van der Waals surface area (Å²) >= 11 is 0. The molecule has 0 spiro atoms. The zero-order valence-corrected chi connectivity index (χ0v) is 20.4. The van der Waals surface area contributed by atoms with E-state index in [0.29, 0.717) is 19.5 Å². The first-order valence-corrected chi connectivity index (χ1v) is 12.2. The van der Waals surface area contributed by atoms with Crippen LogP contribution in [0.2, 0.25) is 0 Å². The van der Waals surface area contributed by atoms with Crippen molar-refractivity contribution in [2.45, 2.75) is 57.8 Å². The number of fused-ring (bicyclic) bond motifs is 1. The van der Waals surface area contributed by atoms with Crippen molar-refractivity contribution < 1.29 is 19.1 Å². The molecule has 1 aliphatic rings. The molecule has 4 rings (SSSR count). The second-order valence-corrected chi connectivity index (χ2v) is 8.79. The molecule has 3 aromatic rings. The van der Waals surface area contributed by atoms with Gasteiger partial charge in [0.15, 0.2) is 0 Å². The molecule has 0 bridgehead atoms. The van der Waals surface area contributed by atoms with Gasteiger partial charge in [0.25, 0.3) is 0 Å². The van der Waals surface area contributed by atoms with Gasteiger partial charge in [-0.2, -0.15) is 0 Å². The van der Waals surface area contributed by atoms with Gasteiger partial charge in [0.1, 0.15) is 23.9 Å². The van der Waals surface area contributed by atoms with E-state index in [2.05, 4.69) is 15.6 Å². The minimum Gasteiger partial charge on any atom is -0.497 e. The number of carbonyl (C=O) groups excluding carboxylic acids is 2. The third kappa shape index (κ3) is 6.16. The first-order valence-electron chi connectivity index (χ1n) is 12.2. The number of ether oxygens (including phenoxy) is 2. The highest BCUT2D eigenvalue weighted by molar-refractivity contribution is 5.88. The van der Waals surface area contributed by atoms with E-state index < -0.39 is 6.04 Å². The van der Waals surface area contributed by atoms with E-state index in [4.69, 9.17) is 9.47 Å². The van der Waals surface area contributed by atoms with E-state index in [9.17, 15) is 9.59 Å². The molecule has 2 unspecified atom stereocenters. The van der Waals surface area contributed by atoms with E-state index >= 15 is 0 Å². The van der Waals surface area contributed by atoms with Crippen molar-refractivity contribution in [3.8, 4) is 5.75 Å². The largest absolute Gasteiger partial charge is 0.497 e. The smallest absolute Gasteiger partial charge is 0.245 e. The van der Waals surface area contributed by atoms with E-state index in [1.807, 2.05) is 55.5 Å². The average Bonchev–Trinajstić information content (AvgIpc) is 3.55. The Balaban J connectivity index is 1.57. The topological polar surface area (TPSA) is 98.6 Å². The van der Waals surface area contributed by atoms with Crippen LogP contribution < -0.4 is 10.1 Å². The lowest BCUT2D eigenvalue weighted by Crippen LogP contribution is -2.51. The van der Waals surface area contributed by atoms with Gasteiger partial charge in [0, 0.05) is 19.7 Å². The monoisotopic (exact) mass is 479 g/mol. The SMILES string of the molecule is CCCC(C(=O)NCC1CCCO1)N(Cc1ccc(OC)cc1)C(=O)Cn1nnc2ccccc21. The zero-order chi connectivity index (χ0) is 24.6. The molecular weight excluding hydrogens is 446 g/mol. The molecule has 0 saturated carbocycles. The Labute approximate surface area is 205 Å². The second-order valence-electron chi connectivity index (χ2n) is 8.79. The van der Waals surface area contributed by atoms with Crippen molar-refractivity contribution in [1.82, 2.24) is 25.2 Å². The molecule has 2 atom stereocenters. The van der Waals surface area contributed by atoms with Crippen LogP contribution in [0.25, 0.3) is 11.0 Å². The van der Waals surface area contributed by atoms with Gasteiger partial charge < -0.3 is 19.7 Å². The summed E-state index contributed by atoms with van der Waals surface area (Å²) in [5.74, 6) is 0.384. The highest BCUT2D eigenvalue weighted by atomic mass is 16.5. The van der Waals surface area contributed by atoms with Gasteiger partial charge in [-0.05, 0) is 49.1 Å². The predicted octanol–water partition coefficient (Wildman–Crippen LogP) is 2.93. The van der Waals surface area contributed by atoms with Gasteiger partial charge in [-0.3, -0.25) is 9.59 Å². The predicted molar refractivity (Wildman–Crippen MR) is 132 cm³/mol. The van der Waals surface area contributed by atoms with Crippen molar-refractivity contribution in [3.05, 3.63) is 54.1 Å². The van der Waals surface area contributed by atoms with Gasteiger partial charge in [-0.25, -0.2) is 4.68 Å². The van der Waals surface area contributed by atoms with Crippen molar-refractivity contribution in [1.29, 1.82) is 0 Å². The fraction of sp³-hybridized carbons (Fsp3) is 0.462. The number of rotatable bonds is 11. The van der Waals surface area contributed by atoms with Crippen molar-refractivity contribution >= 4 is 22.8 Å². The molecule has 0 aliphatic carbocycles. The van der Waals surface area contributed by atoms with Crippen LogP contribution in [0.3, 0.4) is 0 Å². The average molecular weight is 480 g/mol. The fourth-order valence-corrected chi connectivity index (χ4v) is 4.39. The number of aromatic nitrogens is 3. The summed E-state index contributed by atoms with van der Waals surface area (Å²) in [5, 5.41) is 11.4. The molecule has 186 valence electrons. The molecule has 1 aliphatic heterocycles. The van der Waals surface area contributed by atoms with Crippen molar-refractivity contribution in [2.75, 3.05) is 20.3 Å². The number of hydrogen-bond acceptors (Lipinski definition) is 6. The number of methoxy groups -OCH3 is 1. The van der Waals surface area contributed by atoms with Crippen molar-refractivity contribution in [3.63, 3.8) is 0 Å². The van der Waals surface area contributed by atoms with Crippen LogP contribution in [0.5, 0.6) is 5.75 Å². The third-order valence-corrected chi connectivity index (χ3v) is 6.31. The number of nitrogens with one attached hydrogen (secondary N) is 1. The molecule has 9 nitrogen and oxygen atoms in total. The molecule has 9 heteroatoms. The van der Waals surface area contributed by atoms with Gasteiger partial charge in [0.2, 0.25) is 11.8 Å². The number of hydrogen-bond donors (Lipinski definition) is 1. The maximum Gasteiger partial charge on any atom is 0.245 e. The molecule has 0 radical (unpaired) electrons.